The van der Waals surface area contributed by atoms with E-state index in [2.05, 4.69) is 22.1 Å². The Kier molecular flexibility index (Phi) is 5.75. The number of rotatable bonds is 7. The predicted octanol–water partition coefficient (Wildman–Crippen LogP) is 3.78. The average molecular weight is 415 g/mol. The van der Waals surface area contributed by atoms with Gasteiger partial charge in [-0.25, -0.2) is 8.42 Å². The van der Waals surface area contributed by atoms with E-state index in [0.29, 0.717) is 11.4 Å². The highest BCUT2D eigenvalue weighted by Gasteiger charge is 2.43. The quantitative estimate of drug-likeness (QED) is 0.698. The number of aromatic nitrogens is 2. The highest BCUT2D eigenvalue weighted by Crippen LogP contribution is 2.44. The van der Waals surface area contributed by atoms with E-state index >= 15 is 0 Å². The van der Waals surface area contributed by atoms with Crippen molar-refractivity contribution in [3.63, 3.8) is 0 Å². The maximum absolute atomic E-state index is 13.0. The molecule has 8 heteroatoms. The van der Waals surface area contributed by atoms with Gasteiger partial charge in [-0.3, -0.25) is 14.5 Å². The van der Waals surface area contributed by atoms with E-state index in [1.165, 1.54) is 18.3 Å². The van der Waals surface area contributed by atoms with Crippen LogP contribution in [0.2, 0.25) is 0 Å². The maximum Gasteiger partial charge on any atom is 0.228 e. The van der Waals surface area contributed by atoms with Crippen LogP contribution in [-0.4, -0.2) is 30.8 Å². The van der Waals surface area contributed by atoms with Crippen molar-refractivity contribution in [3.8, 4) is 0 Å². The SMILES string of the molecule is C=N/C=C(\C)C1CC1C(=O)Nc1ccc(S(=O)(=O)c2cnn(C(C)C)c2C)cc1. The van der Waals surface area contributed by atoms with Gasteiger partial charge >= 0.3 is 0 Å². The Morgan fingerprint density at radius 3 is 2.52 bits per heavy atom. The van der Waals surface area contributed by atoms with Crippen molar-refractivity contribution in [2.45, 2.75) is 49.9 Å². The second kappa shape index (κ2) is 7.94. The standard InChI is InChI=1S/C21H26N4O3S/c1-13(2)25-15(4)20(12-23-25)29(27,28)17-8-6-16(7-9-17)24-21(26)19-10-18(19)14(3)11-22-5/h6-9,11-13,18-19H,5,10H2,1-4H3,(H,24,26)/b14-11+. The third-order valence-electron chi connectivity index (χ3n) is 5.22. The lowest BCUT2D eigenvalue weighted by Crippen LogP contribution is -2.15. The minimum atomic E-state index is -3.68. The van der Waals surface area contributed by atoms with Gasteiger partial charge < -0.3 is 5.32 Å². The van der Waals surface area contributed by atoms with Gasteiger partial charge in [-0.1, -0.05) is 5.57 Å². The summed E-state index contributed by atoms with van der Waals surface area (Å²) in [6.45, 7) is 11.0. The molecule has 0 radical (unpaired) electrons. The first-order valence-corrected chi connectivity index (χ1v) is 11.0. The summed E-state index contributed by atoms with van der Waals surface area (Å²) in [6.07, 6.45) is 3.86. The maximum atomic E-state index is 13.0. The molecule has 0 bridgehead atoms. The van der Waals surface area contributed by atoms with E-state index in [0.717, 1.165) is 12.0 Å². The average Bonchev–Trinajstić information content (AvgIpc) is 3.37. The minimum Gasteiger partial charge on any atom is -0.326 e. The van der Waals surface area contributed by atoms with E-state index < -0.39 is 9.84 Å². The highest BCUT2D eigenvalue weighted by molar-refractivity contribution is 7.91. The van der Waals surface area contributed by atoms with Crippen LogP contribution in [0.3, 0.4) is 0 Å². The second-order valence-corrected chi connectivity index (χ2v) is 9.57. The largest absolute Gasteiger partial charge is 0.326 e. The van der Waals surface area contributed by atoms with Crippen LogP contribution in [0.25, 0.3) is 0 Å². The van der Waals surface area contributed by atoms with Gasteiger partial charge in [-0.15, -0.1) is 0 Å². The summed E-state index contributed by atoms with van der Waals surface area (Å²) in [5, 5.41) is 7.05. The summed E-state index contributed by atoms with van der Waals surface area (Å²) in [5.74, 6) is 0.0398. The summed E-state index contributed by atoms with van der Waals surface area (Å²) in [4.78, 5) is 16.5. The smallest absolute Gasteiger partial charge is 0.228 e. The number of carbonyl (C=O) groups is 1. The van der Waals surface area contributed by atoms with Gasteiger partial charge in [0.05, 0.1) is 16.8 Å². The molecule has 2 aromatic rings. The molecule has 1 saturated carbocycles. The molecule has 1 aliphatic rings. The minimum absolute atomic E-state index is 0.0727. The summed E-state index contributed by atoms with van der Waals surface area (Å²) < 4.78 is 27.6. The molecule has 154 valence electrons. The molecule has 0 spiro atoms. The number of anilines is 1. The lowest BCUT2D eigenvalue weighted by molar-refractivity contribution is -0.117. The van der Waals surface area contributed by atoms with Crippen LogP contribution in [0.4, 0.5) is 5.69 Å². The molecule has 1 aliphatic carbocycles. The first-order chi connectivity index (χ1) is 13.7. The van der Waals surface area contributed by atoms with Crippen molar-refractivity contribution in [1.29, 1.82) is 0 Å². The summed E-state index contributed by atoms with van der Waals surface area (Å²) >= 11 is 0. The number of amides is 1. The first kappa shape index (κ1) is 21.0. The summed E-state index contributed by atoms with van der Waals surface area (Å²) in [5.41, 5.74) is 2.21. The zero-order chi connectivity index (χ0) is 21.3. The Labute approximate surface area is 171 Å². The molecular weight excluding hydrogens is 388 g/mol. The van der Waals surface area contributed by atoms with Crippen LogP contribution in [0.5, 0.6) is 0 Å². The molecule has 1 fully saturated rings. The van der Waals surface area contributed by atoms with Crippen molar-refractivity contribution < 1.29 is 13.2 Å². The van der Waals surface area contributed by atoms with Crippen molar-refractivity contribution in [2.75, 3.05) is 5.32 Å². The van der Waals surface area contributed by atoms with Gasteiger partial charge in [0.15, 0.2) is 0 Å². The van der Waals surface area contributed by atoms with E-state index in [-0.39, 0.29) is 33.6 Å². The monoisotopic (exact) mass is 414 g/mol. The molecule has 1 amide bonds. The van der Waals surface area contributed by atoms with Crippen LogP contribution in [0, 0.1) is 18.8 Å². The van der Waals surface area contributed by atoms with Gasteiger partial charge in [0.2, 0.25) is 15.7 Å². The van der Waals surface area contributed by atoms with Crippen molar-refractivity contribution >= 4 is 28.1 Å². The van der Waals surface area contributed by atoms with E-state index in [1.807, 2.05) is 20.8 Å². The Bertz CT molecular complexity index is 1070. The topological polar surface area (TPSA) is 93.4 Å². The number of sulfone groups is 1. The molecule has 7 nitrogen and oxygen atoms in total. The van der Waals surface area contributed by atoms with Crippen molar-refractivity contribution in [1.82, 2.24) is 9.78 Å². The van der Waals surface area contributed by atoms with Gasteiger partial charge in [0.1, 0.15) is 4.90 Å². The zero-order valence-electron chi connectivity index (χ0n) is 17.1. The molecule has 0 saturated heterocycles. The fourth-order valence-electron chi connectivity index (χ4n) is 3.50. The fraction of sp³-hybridized carbons (Fsp3) is 0.381. The van der Waals surface area contributed by atoms with Crippen molar-refractivity contribution in [2.24, 2.45) is 16.8 Å². The predicted molar refractivity (Wildman–Crippen MR) is 113 cm³/mol. The number of nitrogens with one attached hydrogen (secondary N) is 1. The summed E-state index contributed by atoms with van der Waals surface area (Å²) in [6, 6.07) is 6.31. The molecule has 0 aliphatic heterocycles. The van der Waals surface area contributed by atoms with Crippen LogP contribution in [0.1, 0.15) is 38.9 Å². The summed E-state index contributed by atoms with van der Waals surface area (Å²) in [7, 11) is -3.68. The number of nitrogens with zero attached hydrogens (tertiary/aromatic N) is 3. The van der Waals surface area contributed by atoms with Gasteiger partial charge in [0, 0.05) is 23.8 Å². The Morgan fingerprint density at radius 1 is 1.31 bits per heavy atom. The van der Waals surface area contributed by atoms with E-state index in [1.54, 1.807) is 29.9 Å². The number of hydrogen-bond donors (Lipinski definition) is 1. The highest BCUT2D eigenvalue weighted by atomic mass is 32.2. The Balaban J connectivity index is 1.73. The number of carbonyl (C=O) groups excluding carboxylic acids is 1. The van der Waals surface area contributed by atoms with Gasteiger partial charge in [-0.2, -0.15) is 5.10 Å². The molecule has 29 heavy (non-hydrogen) atoms. The molecule has 2 unspecified atom stereocenters. The van der Waals surface area contributed by atoms with Crippen LogP contribution >= 0.6 is 0 Å². The van der Waals surface area contributed by atoms with E-state index in [4.69, 9.17) is 0 Å². The van der Waals surface area contributed by atoms with Crippen LogP contribution < -0.4 is 5.32 Å². The molecule has 1 aromatic carbocycles. The van der Waals surface area contributed by atoms with E-state index in [9.17, 15) is 13.2 Å². The number of benzene rings is 1. The third kappa shape index (κ3) is 4.17. The number of allylic oxidation sites excluding steroid dienone is 1. The molecule has 1 N–H and O–H groups in total. The lowest BCUT2D eigenvalue weighted by Gasteiger charge is -2.10. The lowest BCUT2D eigenvalue weighted by atomic mass is 10.1. The fourth-order valence-corrected chi connectivity index (χ4v) is 4.92. The number of hydrogen-bond acceptors (Lipinski definition) is 5. The molecular formula is C21H26N4O3S. The Hall–Kier alpha value is -2.74. The molecule has 3 rings (SSSR count). The molecule has 1 aromatic heterocycles. The van der Waals surface area contributed by atoms with Crippen LogP contribution in [0.15, 0.2) is 57.0 Å². The molecule has 2 atom stereocenters. The third-order valence-corrected chi connectivity index (χ3v) is 7.09. The zero-order valence-corrected chi connectivity index (χ0v) is 17.9. The van der Waals surface area contributed by atoms with Crippen LogP contribution in [-0.2, 0) is 14.6 Å². The first-order valence-electron chi connectivity index (χ1n) is 9.49. The van der Waals surface area contributed by atoms with Gasteiger partial charge in [0.25, 0.3) is 0 Å². The molecule has 1 heterocycles. The Morgan fingerprint density at radius 2 is 1.97 bits per heavy atom. The van der Waals surface area contributed by atoms with Gasteiger partial charge in [-0.05, 0) is 71.0 Å². The normalized spacial score (nSPS) is 19.3. The second-order valence-electron chi connectivity index (χ2n) is 7.65. The number of aliphatic imine (C=N–C) groups is 1. The van der Waals surface area contributed by atoms with Crippen molar-refractivity contribution in [3.05, 3.63) is 47.9 Å².